The SMILES string of the molecule is Cc1ccc(C(O)C(F)(F)F)cc1-c1cc(=O)n(-c2ccccn2)[nH]1. The van der Waals surface area contributed by atoms with Crippen molar-refractivity contribution in [3.63, 3.8) is 0 Å². The zero-order valence-corrected chi connectivity index (χ0v) is 13.1. The zero-order chi connectivity index (χ0) is 18.2. The van der Waals surface area contributed by atoms with Crippen LogP contribution in [0.1, 0.15) is 17.2 Å². The van der Waals surface area contributed by atoms with E-state index in [1.165, 1.54) is 35.1 Å². The average molecular weight is 349 g/mol. The van der Waals surface area contributed by atoms with Crippen LogP contribution in [0.3, 0.4) is 0 Å². The maximum absolute atomic E-state index is 12.7. The molecule has 2 aromatic heterocycles. The number of hydrogen-bond donors (Lipinski definition) is 2. The molecule has 0 radical (unpaired) electrons. The van der Waals surface area contributed by atoms with Gasteiger partial charge in [0.2, 0.25) is 0 Å². The van der Waals surface area contributed by atoms with E-state index in [1.807, 2.05) is 0 Å². The van der Waals surface area contributed by atoms with E-state index in [-0.39, 0.29) is 5.56 Å². The molecule has 1 aromatic carbocycles. The Labute approximate surface area is 140 Å². The summed E-state index contributed by atoms with van der Waals surface area (Å²) >= 11 is 0. The van der Waals surface area contributed by atoms with Crippen LogP contribution in [0.5, 0.6) is 0 Å². The van der Waals surface area contributed by atoms with E-state index < -0.39 is 17.8 Å². The fourth-order valence-corrected chi connectivity index (χ4v) is 2.48. The van der Waals surface area contributed by atoms with Crippen molar-refractivity contribution in [2.45, 2.75) is 19.2 Å². The Hall–Kier alpha value is -2.87. The van der Waals surface area contributed by atoms with Crippen molar-refractivity contribution >= 4 is 0 Å². The summed E-state index contributed by atoms with van der Waals surface area (Å²) in [4.78, 5) is 16.2. The fraction of sp³-hybridized carbons (Fsp3) is 0.176. The van der Waals surface area contributed by atoms with Crippen molar-refractivity contribution in [1.29, 1.82) is 0 Å². The van der Waals surface area contributed by atoms with Gasteiger partial charge in [-0.3, -0.25) is 9.89 Å². The minimum absolute atomic E-state index is 0.292. The molecule has 2 heterocycles. The summed E-state index contributed by atoms with van der Waals surface area (Å²) < 4.78 is 39.4. The van der Waals surface area contributed by atoms with Crippen molar-refractivity contribution in [3.8, 4) is 17.1 Å². The summed E-state index contributed by atoms with van der Waals surface area (Å²) in [5.41, 5.74) is 0.707. The first-order chi connectivity index (χ1) is 11.8. The smallest absolute Gasteiger partial charge is 0.379 e. The lowest BCUT2D eigenvalue weighted by Crippen LogP contribution is -2.20. The summed E-state index contributed by atoms with van der Waals surface area (Å²) in [5.74, 6) is 0.364. The van der Waals surface area contributed by atoms with E-state index in [0.29, 0.717) is 22.6 Å². The summed E-state index contributed by atoms with van der Waals surface area (Å²) in [6.45, 7) is 1.70. The van der Waals surface area contributed by atoms with Crippen LogP contribution in [0.25, 0.3) is 17.1 Å². The fourth-order valence-electron chi connectivity index (χ4n) is 2.48. The van der Waals surface area contributed by atoms with Crippen LogP contribution in [-0.2, 0) is 0 Å². The Balaban J connectivity index is 2.07. The molecule has 0 amide bonds. The van der Waals surface area contributed by atoms with Gasteiger partial charge < -0.3 is 5.11 Å². The maximum atomic E-state index is 12.7. The van der Waals surface area contributed by atoms with Crippen molar-refractivity contribution < 1.29 is 18.3 Å². The molecule has 8 heteroatoms. The highest BCUT2D eigenvalue weighted by molar-refractivity contribution is 5.64. The van der Waals surface area contributed by atoms with E-state index in [0.717, 1.165) is 0 Å². The summed E-state index contributed by atoms with van der Waals surface area (Å²) in [5, 5.41) is 12.3. The molecule has 0 fully saturated rings. The number of aromatic nitrogens is 3. The van der Waals surface area contributed by atoms with E-state index >= 15 is 0 Å². The van der Waals surface area contributed by atoms with Gasteiger partial charge in [-0.2, -0.15) is 13.2 Å². The number of nitrogens with one attached hydrogen (secondary N) is 1. The number of aryl methyl sites for hydroxylation is 1. The van der Waals surface area contributed by atoms with Crippen LogP contribution in [0.4, 0.5) is 13.2 Å². The second kappa shape index (κ2) is 6.21. The highest BCUT2D eigenvalue weighted by atomic mass is 19.4. The Kier molecular flexibility index (Phi) is 4.22. The topological polar surface area (TPSA) is 70.9 Å². The van der Waals surface area contributed by atoms with Gasteiger partial charge in [0.15, 0.2) is 11.9 Å². The molecule has 5 nitrogen and oxygen atoms in total. The van der Waals surface area contributed by atoms with Crippen LogP contribution < -0.4 is 5.56 Å². The zero-order valence-electron chi connectivity index (χ0n) is 13.1. The minimum Gasteiger partial charge on any atom is -0.379 e. The molecule has 0 saturated heterocycles. The first kappa shape index (κ1) is 17.0. The molecule has 130 valence electrons. The number of aliphatic hydroxyl groups is 1. The summed E-state index contributed by atoms with van der Waals surface area (Å²) in [7, 11) is 0. The molecule has 25 heavy (non-hydrogen) atoms. The minimum atomic E-state index is -4.76. The standard InChI is InChI=1S/C17H14F3N3O2/c1-10-5-6-11(16(25)17(18,19)20)8-12(10)13-9-15(24)23(22-13)14-4-2-3-7-21-14/h2-9,16,22,25H,1H3. The molecular formula is C17H14F3N3O2. The highest BCUT2D eigenvalue weighted by Gasteiger charge is 2.39. The van der Waals surface area contributed by atoms with Gasteiger partial charge in [-0.25, -0.2) is 9.67 Å². The number of hydrogen-bond acceptors (Lipinski definition) is 3. The van der Waals surface area contributed by atoms with Crippen molar-refractivity contribution in [2.75, 3.05) is 0 Å². The number of aliphatic hydroxyl groups excluding tert-OH is 1. The van der Waals surface area contributed by atoms with Crippen molar-refractivity contribution in [1.82, 2.24) is 14.8 Å². The molecule has 1 atom stereocenters. The number of halogens is 3. The molecule has 0 spiro atoms. The summed E-state index contributed by atoms with van der Waals surface area (Å²) in [6.07, 6.45) is -5.83. The second-order valence-corrected chi connectivity index (χ2v) is 5.55. The number of H-pyrrole nitrogens is 1. The molecular weight excluding hydrogens is 335 g/mol. The average Bonchev–Trinajstić information content (AvgIpc) is 2.96. The molecule has 0 aliphatic rings. The lowest BCUT2D eigenvalue weighted by atomic mass is 9.99. The third-order valence-electron chi connectivity index (χ3n) is 3.78. The van der Waals surface area contributed by atoms with Crippen LogP contribution in [0.15, 0.2) is 53.5 Å². The number of pyridine rings is 1. The van der Waals surface area contributed by atoms with E-state index in [9.17, 15) is 23.1 Å². The first-order valence-corrected chi connectivity index (χ1v) is 7.36. The Morgan fingerprint density at radius 2 is 1.96 bits per heavy atom. The maximum Gasteiger partial charge on any atom is 0.418 e. The molecule has 1 unspecified atom stereocenters. The lowest BCUT2D eigenvalue weighted by Gasteiger charge is -2.16. The van der Waals surface area contributed by atoms with Crippen molar-refractivity contribution in [2.24, 2.45) is 0 Å². The monoisotopic (exact) mass is 349 g/mol. The van der Waals surface area contributed by atoms with Gasteiger partial charge in [-0.15, -0.1) is 0 Å². The van der Waals surface area contributed by atoms with E-state index in [1.54, 1.807) is 25.1 Å². The van der Waals surface area contributed by atoms with Gasteiger partial charge in [-0.1, -0.05) is 18.2 Å². The van der Waals surface area contributed by atoms with Gasteiger partial charge in [0.05, 0.1) is 5.69 Å². The molecule has 0 bridgehead atoms. The van der Waals surface area contributed by atoms with E-state index in [2.05, 4.69) is 10.1 Å². The predicted octanol–water partition coefficient (Wildman–Crippen LogP) is 3.13. The van der Waals surface area contributed by atoms with Crippen molar-refractivity contribution in [3.05, 3.63) is 70.1 Å². The highest BCUT2D eigenvalue weighted by Crippen LogP contribution is 2.34. The number of nitrogens with zero attached hydrogens (tertiary/aromatic N) is 2. The van der Waals surface area contributed by atoms with Gasteiger partial charge in [0.1, 0.15) is 0 Å². The number of rotatable bonds is 3. The molecule has 0 aliphatic carbocycles. The Morgan fingerprint density at radius 3 is 2.60 bits per heavy atom. The van der Waals surface area contributed by atoms with Gasteiger partial charge in [0.25, 0.3) is 5.56 Å². The lowest BCUT2D eigenvalue weighted by molar-refractivity contribution is -0.206. The molecule has 2 N–H and O–H groups in total. The molecule has 3 aromatic rings. The number of aromatic amines is 1. The van der Waals surface area contributed by atoms with E-state index in [4.69, 9.17) is 0 Å². The third kappa shape index (κ3) is 3.34. The molecule has 0 saturated carbocycles. The largest absolute Gasteiger partial charge is 0.418 e. The third-order valence-corrected chi connectivity index (χ3v) is 3.78. The first-order valence-electron chi connectivity index (χ1n) is 7.36. The number of alkyl halides is 3. The normalized spacial score (nSPS) is 13.0. The quantitative estimate of drug-likeness (QED) is 0.763. The predicted molar refractivity (Wildman–Crippen MR) is 85.4 cm³/mol. The van der Waals surface area contributed by atoms with Crippen LogP contribution >= 0.6 is 0 Å². The van der Waals surface area contributed by atoms with Gasteiger partial charge in [0, 0.05) is 17.8 Å². The van der Waals surface area contributed by atoms with Gasteiger partial charge in [-0.05, 0) is 36.2 Å². The van der Waals surface area contributed by atoms with Crippen LogP contribution in [0.2, 0.25) is 0 Å². The number of benzene rings is 1. The Morgan fingerprint density at radius 1 is 1.20 bits per heavy atom. The molecule has 0 aliphatic heterocycles. The second-order valence-electron chi connectivity index (χ2n) is 5.55. The van der Waals surface area contributed by atoms with Crippen LogP contribution in [0, 0.1) is 6.92 Å². The van der Waals surface area contributed by atoms with Crippen LogP contribution in [-0.4, -0.2) is 26.0 Å². The Bertz CT molecular complexity index is 946. The summed E-state index contributed by atoms with van der Waals surface area (Å²) in [6, 6.07) is 10.2. The molecule has 3 rings (SSSR count). The van der Waals surface area contributed by atoms with Gasteiger partial charge >= 0.3 is 6.18 Å².